The number of aromatic nitrogens is 3. The molecule has 0 atom stereocenters. The van der Waals surface area contributed by atoms with Crippen molar-refractivity contribution in [1.29, 1.82) is 0 Å². The van der Waals surface area contributed by atoms with E-state index in [2.05, 4.69) is 9.97 Å². The molecule has 19 heavy (non-hydrogen) atoms. The van der Waals surface area contributed by atoms with Crippen LogP contribution < -0.4 is 16.0 Å². The first-order valence-corrected chi connectivity index (χ1v) is 5.88. The van der Waals surface area contributed by atoms with Crippen LogP contribution >= 0.6 is 11.6 Å². The Kier molecular flexibility index (Phi) is 3.71. The maximum absolute atomic E-state index is 11.6. The third kappa shape index (κ3) is 3.03. The predicted octanol–water partition coefficient (Wildman–Crippen LogP) is 0.950. The Labute approximate surface area is 113 Å². The molecule has 0 aromatic carbocycles. The zero-order chi connectivity index (χ0) is 14.0. The standard InChI is InChI=1S/C12H12ClN3O3/c1-7-3-9(19-2)4-8(14-7)5-16-6-10(13)11(17)15-12(16)18/h3-4,6H,5H2,1-2H3,(H,15,17,18). The van der Waals surface area contributed by atoms with E-state index in [1.165, 1.54) is 10.8 Å². The molecule has 100 valence electrons. The van der Waals surface area contributed by atoms with Gasteiger partial charge in [0.25, 0.3) is 5.56 Å². The Bertz CT molecular complexity index is 721. The van der Waals surface area contributed by atoms with Crippen molar-refractivity contribution < 1.29 is 4.74 Å². The third-order valence-corrected chi connectivity index (χ3v) is 2.78. The highest BCUT2D eigenvalue weighted by Crippen LogP contribution is 2.13. The van der Waals surface area contributed by atoms with E-state index in [0.717, 1.165) is 5.69 Å². The number of rotatable bonds is 3. The van der Waals surface area contributed by atoms with Gasteiger partial charge in [-0.15, -0.1) is 0 Å². The summed E-state index contributed by atoms with van der Waals surface area (Å²) in [6.07, 6.45) is 1.29. The fraction of sp³-hybridized carbons (Fsp3) is 0.250. The van der Waals surface area contributed by atoms with Crippen molar-refractivity contribution >= 4 is 11.6 Å². The van der Waals surface area contributed by atoms with E-state index >= 15 is 0 Å². The van der Waals surface area contributed by atoms with Crippen LogP contribution in [0.3, 0.4) is 0 Å². The summed E-state index contributed by atoms with van der Waals surface area (Å²) in [5.41, 5.74) is 0.286. The van der Waals surface area contributed by atoms with Gasteiger partial charge in [0.15, 0.2) is 0 Å². The number of aryl methyl sites for hydroxylation is 1. The number of halogens is 1. The minimum absolute atomic E-state index is 0.0424. The highest BCUT2D eigenvalue weighted by Gasteiger charge is 2.06. The molecule has 6 nitrogen and oxygen atoms in total. The SMILES string of the molecule is COc1cc(C)nc(Cn2cc(Cl)c(=O)[nH]c2=O)c1. The van der Waals surface area contributed by atoms with E-state index in [-0.39, 0.29) is 11.6 Å². The average Bonchev–Trinajstić information content (AvgIpc) is 2.35. The second-order valence-corrected chi connectivity index (χ2v) is 4.41. The number of nitrogens with one attached hydrogen (secondary N) is 1. The van der Waals surface area contributed by atoms with Gasteiger partial charge in [-0.3, -0.25) is 19.3 Å². The fourth-order valence-corrected chi connectivity index (χ4v) is 1.84. The molecule has 0 bridgehead atoms. The smallest absolute Gasteiger partial charge is 0.328 e. The first kappa shape index (κ1) is 13.4. The van der Waals surface area contributed by atoms with Gasteiger partial charge in [0.1, 0.15) is 10.8 Å². The van der Waals surface area contributed by atoms with Crippen molar-refractivity contribution in [2.24, 2.45) is 0 Å². The van der Waals surface area contributed by atoms with Crippen LogP contribution in [0.1, 0.15) is 11.4 Å². The number of nitrogens with zero attached hydrogens (tertiary/aromatic N) is 2. The summed E-state index contributed by atoms with van der Waals surface area (Å²) in [5, 5.41) is -0.0424. The van der Waals surface area contributed by atoms with E-state index in [1.807, 2.05) is 6.92 Å². The number of hydrogen-bond donors (Lipinski definition) is 1. The minimum atomic E-state index is -0.599. The van der Waals surface area contributed by atoms with Crippen LogP contribution in [0, 0.1) is 6.92 Å². The summed E-state index contributed by atoms with van der Waals surface area (Å²) in [4.78, 5) is 29.2. The Morgan fingerprint density at radius 2 is 2.16 bits per heavy atom. The normalized spacial score (nSPS) is 10.5. The zero-order valence-electron chi connectivity index (χ0n) is 10.4. The maximum Gasteiger partial charge on any atom is 0.328 e. The molecular weight excluding hydrogens is 270 g/mol. The molecule has 0 amide bonds. The van der Waals surface area contributed by atoms with Gasteiger partial charge in [0.2, 0.25) is 0 Å². The summed E-state index contributed by atoms with van der Waals surface area (Å²) in [6, 6.07) is 3.50. The Hall–Kier alpha value is -2.08. The fourth-order valence-electron chi connectivity index (χ4n) is 1.68. The highest BCUT2D eigenvalue weighted by atomic mass is 35.5. The largest absolute Gasteiger partial charge is 0.497 e. The molecular formula is C12H12ClN3O3. The van der Waals surface area contributed by atoms with Gasteiger partial charge in [-0.25, -0.2) is 4.79 Å². The lowest BCUT2D eigenvalue weighted by atomic mass is 10.3. The number of H-pyrrole nitrogens is 1. The minimum Gasteiger partial charge on any atom is -0.497 e. The molecule has 1 N–H and O–H groups in total. The van der Waals surface area contributed by atoms with Crippen LogP contribution in [-0.2, 0) is 6.54 Å². The second-order valence-electron chi connectivity index (χ2n) is 4.00. The third-order valence-electron chi connectivity index (χ3n) is 2.52. The molecule has 0 saturated carbocycles. The van der Waals surface area contributed by atoms with Crippen molar-refractivity contribution in [2.45, 2.75) is 13.5 Å². The Morgan fingerprint density at radius 1 is 1.42 bits per heavy atom. The molecule has 2 aromatic rings. The average molecular weight is 282 g/mol. The molecule has 0 radical (unpaired) electrons. The molecule has 7 heteroatoms. The van der Waals surface area contributed by atoms with Crippen LogP contribution in [-0.4, -0.2) is 21.6 Å². The predicted molar refractivity (Wildman–Crippen MR) is 71.0 cm³/mol. The lowest BCUT2D eigenvalue weighted by molar-refractivity contribution is 0.412. The molecule has 0 fully saturated rings. The van der Waals surface area contributed by atoms with Crippen LogP contribution in [0.5, 0.6) is 5.75 Å². The number of methoxy groups -OCH3 is 1. The van der Waals surface area contributed by atoms with E-state index < -0.39 is 11.2 Å². The lowest BCUT2D eigenvalue weighted by Crippen LogP contribution is -2.30. The topological polar surface area (TPSA) is 77.0 Å². The zero-order valence-corrected chi connectivity index (χ0v) is 11.2. The maximum atomic E-state index is 11.6. The quantitative estimate of drug-likeness (QED) is 0.909. The van der Waals surface area contributed by atoms with E-state index in [4.69, 9.17) is 16.3 Å². The van der Waals surface area contributed by atoms with Gasteiger partial charge in [0, 0.05) is 24.0 Å². The highest BCUT2D eigenvalue weighted by molar-refractivity contribution is 6.30. The molecule has 2 rings (SSSR count). The van der Waals surface area contributed by atoms with Crippen molar-refractivity contribution in [3.63, 3.8) is 0 Å². The molecule has 0 aliphatic rings. The molecule has 2 aromatic heterocycles. The second kappa shape index (κ2) is 5.27. The molecule has 2 heterocycles. The molecule has 0 spiro atoms. The van der Waals surface area contributed by atoms with Gasteiger partial charge in [-0.05, 0) is 6.92 Å². The monoisotopic (exact) mass is 281 g/mol. The number of ether oxygens (including phenoxy) is 1. The van der Waals surface area contributed by atoms with Crippen molar-refractivity contribution in [3.05, 3.63) is 55.6 Å². The summed E-state index contributed by atoms with van der Waals surface area (Å²) < 4.78 is 6.42. The number of pyridine rings is 1. The van der Waals surface area contributed by atoms with Gasteiger partial charge in [-0.1, -0.05) is 11.6 Å². The van der Waals surface area contributed by atoms with Crippen LogP contribution in [0.15, 0.2) is 27.9 Å². The van der Waals surface area contributed by atoms with Crippen molar-refractivity contribution in [1.82, 2.24) is 14.5 Å². The summed E-state index contributed by atoms with van der Waals surface area (Å²) in [5.74, 6) is 0.658. The Morgan fingerprint density at radius 3 is 2.84 bits per heavy atom. The van der Waals surface area contributed by atoms with E-state index in [0.29, 0.717) is 11.4 Å². The summed E-state index contributed by atoms with van der Waals surface area (Å²) in [6.45, 7) is 2.03. The van der Waals surface area contributed by atoms with Gasteiger partial charge in [0.05, 0.1) is 19.3 Å². The Balaban J connectivity index is 2.41. The van der Waals surface area contributed by atoms with Gasteiger partial charge >= 0.3 is 5.69 Å². The van der Waals surface area contributed by atoms with Crippen molar-refractivity contribution in [3.8, 4) is 5.75 Å². The molecule has 0 aliphatic carbocycles. The summed E-state index contributed by atoms with van der Waals surface area (Å²) in [7, 11) is 1.56. The molecule has 0 aliphatic heterocycles. The molecule has 0 unspecified atom stereocenters. The van der Waals surface area contributed by atoms with Gasteiger partial charge in [-0.2, -0.15) is 0 Å². The lowest BCUT2D eigenvalue weighted by Gasteiger charge is -2.08. The first-order chi connectivity index (χ1) is 8.99. The van der Waals surface area contributed by atoms with Crippen LogP contribution in [0.25, 0.3) is 0 Å². The van der Waals surface area contributed by atoms with Crippen LogP contribution in [0.2, 0.25) is 5.02 Å². The van der Waals surface area contributed by atoms with Crippen molar-refractivity contribution in [2.75, 3.05) is 7.11 Å². The molecule has 0 saturated heterocycles. The van der Waals surface area contributed by atoms with E-state index in [1.54, 1.807) is 19.2 Å². The van der Waals surface area contributed by atoms with Crippen LogP contribution in [0.4, 0.5) is 0 Å². The van der Waals surface area contributed by atoms with E-state index in [9.17, 15) is 9.59 Å². The first-order valence-electron chi connectivity index (χ1n) is 5.50. The van der Waals surface area contributed by atoms with Gasteiger partial charge < -0.3 is 4.74 Å². The summed E-state index contributed by atoms with van der Waals surface area (Å²) >= 11 is 5.69. The number of aromatic amines is 1. The number of hydrogen-bond acceptors (Lipinski definition) is 4.